The lowest BCUT2D eigenvalue weighted by atomic mass is 10.0. The molecule has 0 aliphatic heterocycles. The molecule has 17 heavy (non-hydrogen) atoms. The Labute approximate surface area is 103 Å². The number of rotatable bonds is 3. The number of pyridine rings is 1. The minimum absolute atomic E-state index is 0.0966. The number of hydrogen-bond acceptors (Lipinski definition) is 3. The van der Waals surface area contributed by atoms with Gasteiger partial charge in [-0.3, -0.25) is 0 Å². The van der Waals surface area contributed by atoms with E-state index in [1.165, 1.54) is 0 Å². The molecule has 3 heteroatoms. The largest absolute Gasteiger partial charge is 0.347 e. The zero-order valence-electron chi connectivity index (χ0n) is 11.0. The molecule has 0 fully saturated rings. The molecule has 0 aliphatic carbocycles. The summed E-state index contributed by atoms with van der Waals surface area (Å²) in [5.74, 6) is 0.736. The van der Waals surface area contributed by atoms with Gasteiger partial charge >= 0.3 is 0 Å². The summed E-state index contributed by atoms with van der Waals surface area (Å²) >= 11 is 0. The van der Waals surface area contributed by atoms with Crippen LogP contribution < -0.4 is 4.90 Å². The van der Waals surface area contributed by atoms with Crippen LogP contribution >= 0.6 is 0 Å². The lowest BCUT2D eigenvalue weighted by molar-refractivity contribution is 0.516. The Morgan fingerprint density at radius 3 is 2.59 bits per heavy atom. The standard InChI is InChI=1S/C14H19N3/c1-6-9-17(14(3,4)5)13-12(10-15)8-7-11(2)16-13/h6-8H,1,9H2,2-5H3. The molecule has 0 bridgehead atoms. The topological polar surface area (TPSA) is 39.9 Å². The summed E-state index contributed by atoms with van der Waals surface area (Å²) in [7, 11) is 0. The molecular formula is C14H19N3. The van der Waals surface area contributed by atoms with Crippen molar-refractivity contribution in [2.24, 2.45) is 0 Å². The van der Waals surface area contributed by atoms with Crippen LogP contribution in [0.5, 0.6) is 0 Å². The zero-order valence-corrected chi connectivity index (χ0v) is 11.0. The maximum Gasteiger partial charge on any atom is 0.147 e. The SMILES string of the molecule is C=CCN(c1nc(C)ccc1C#N)C(C)(C)C. The van der Waals surface area contributed by atoms with Crippen molar-refractivity contribution < 1.29 is 0 Å². The molecule has 90 valence electrons. The lowest BCUT2D eigenvalue weighted by Crippen LogP contribution is -2.42. The predicted octanol–water partition coefficient (Wildman–Crippen LogP) is 3.05. The van der Waals surface area contributed by atoms with Crippen LogP contribution in [0, 0.1) is 18.3 Å². The quantitative estimate of drug-likeness (QED) is 0.748. The van der Waals surface area contributed by atoms with E-state index in [4.69, 9.17) is 5.26 Å². The zero-order chi connectivity index (χ0) is 13.1. The maximum absolute atomic E-state index is 9.15. The smallest absolute Gasteiger partial charge is 0.147 e. The summed E-state index contributed by atoms with van der Waals surface area (Å²) in [5, 5.41) is 9.15. The van der Waals surface area contributed by atoms with Gasteiger partial charge < -0.3 is 4.90 Å². The summed E-state index contributed by atoms with van der Waals surface area (Å²) in [6.45, 7) is 12.7. The summed E-state index contributed by atoms with van der Waals surface area (Å²) in [6, 6.07) is 5.87. The van der Waals surface area contributed by atoms with E-state index in [-0.39, 0.29) is 5.54 Å². The Hall–Kier alpha value is -1.82. The first kappa shape index (κ1) is 13.2. The van der Waals surface area contributed by atoms with Gasteiger partial charge in [0.15, 0.2) is 0 Å². The van der Waals surface area contributed by atoms with Crippen LogP contribution in [0.15, 0.2) is 24.8 Å². The molecule has 0 saturated heterocycles. The fraction of sp³-hybridized carbons (Fsp3) is 0.429. The number of aryl methyl sites for hydroxylation is 1. The van der Waals surface area contributed by atoms with Gasteiger partial charge in [-0.25, -0.2) is 4.98 Å². The fourth-order valence-electron chi connectivity index (χ4n) is 1.64. The average Bonchev–Trinajstić information content (AvgIpc) is 2.24. The highest BCUT2D eigenvalue weighted by molar-refractivity contribution is 5.56. The van der Waals surface area contributed by atoms with Crippen molar-refractivity contribution in [3.8, 4) is 6.07 Å². The van der Waals surface area contributed by atoms with E-state index in [2.05, 4.69) is 43.3 Å². The third kappa shape index (κ3) is 3.07. The first-order chi connectivity index (χ1) is 7.90. The van der Waals surface area contributed by atoms with Crippen LogP contribution in [0.4, 0.5) is 5.82 Å². The molecule has 0 atom stereocenters. The third-order valence-electron chi connectivity index (χ3n) is 2.51. The van der Waals surface area contributed by atoms with Gasteiger partial charge in [0.1, 0.15) is 11.9 Å². The van der Waals surface area contributed by atoms with Gasteiger partial charge in [-0.2, -0.15) is 5.26 Å². The van der Waals surface area contributed by atoms with Gasteiger partial charge in [-0.1, -0.05) is 6.08 Å². The number of aromatic nitrogens is 1. The van der Waals surface area contributed by atoms with E-state index >= 15 is 0 Å². The second kappa shape index (κ2) is 5.01. The minimum atomic E-state index is -0.0966. The van der Waals surface area contributed by atoms with Crippen LogP contribution in [0.1, 0.15) is 32.0 Å². The van der Waals surface area contributed by atoms with E-state index in [0.29, 0.717) is 12.1 Å². The van der Waals surface area contributed by atoms with Gasteiger partial charge in [-0.15, -0.1) is 6.58 Å². The molecule has 0 aromatic carbocycles. The first-order valence-electron chi connectivity index (χ1n) is 5.66. The van der Waals surface area contributed by atoms with Crippen molar-refractivity contribution in [2.75, 3.05) is 11.4 Å². The summed E-state index contributed by atoms with van der Waals surface area (Å²) < 4.78 is 0. The molecule has 1 heterocycles. The van der Waals surface area contributed by atoms with E-state index < -0.39 is 0 Å². The van der Waals surface area contributed by atoms with Crippen molar-refractivity contribution in [3.63, 3.8) is 0 Å². The third-order valence-corrected chi connectivity index (χ3v) is 2.51. The minimum Gasteiger partial charge on any atom is -0.347 e. The molecular weight excluding hydrogens is 210 g/mol. The molecule has 0 amide bonds. The molecule has 3 nitrogen and oxygen atoms in total. The van der Waals surface area contributed by atoms with Gasteiger partial charge in [-0.05, 0) is 39.8 Å². The molecule has 1 aromatic rings. The van der Waals surface area contributed by atoms with Crippen molar-refractivity contribution in [2.45, 2.75) is 33.2 Å². The lowest BCUT2D eigenvalue weighted by Gasteiger charge is -2.36. The number of anilines is 1. The van der Waals surface area contributed by atoms with Crippen LogP contribution in [0.2, 0.25) is 0 Å². The molecule has 0 saturated carbocycles. The van der Waals surface area contributed by atoms with Crippen molar-refractivity contribution in [3.05, 3.63) is 36.0 Å². The number of hydrogen-bond donors (Lipinski definition) is 0. The highest BCUT2D eigenvalue weighted by atomic mass is 15.2. The Morgan fingerprint density at radius 1 is 1.47 bits per heavy atom. The van der Waals surface area contributed by atoms with Crippen LogP contribution in [-0.4, -0.2) is 17.1 Å². The van der Waals surface area contributed by atoms with Crippen molar-refractivity contribution in [1.29, 1.82) is 5.26 Å². The number of nitriles is 1. The van der Waals surface area contributed by atoms with Crippen LogP contribution in [0.25, 0.3) is 0 Å². The van der Waals surface area contributed by atoms with E-state index in [0.717, 1.165) is 11.5 Å². The number of nitrogens with zero attached hydrogens (tertiary/aromatic N) is 3. The van der Waals surface area contributed by atoms with E-state index in [1.807, 2.05) is 25.1 Å². The van der Waals surface area contributed by atoms with E-state index in [9.17, 15) is 0 Å². The Kier molecular flexibility index (Phi) is 3.90. The summed E-state index contributed by atoms with van der Waals surface area (Å²) in [4.78, 5) is 6.57. The second-order valence-electron chi connectivity index (χ2n) is 5.01. The van der Waals surface area contributed by atoms with Crippen molar-refractivity contribution >= 4 is 5.82 Å². The fourth-order valence-corrected chi connectivity index (χ4v) is 1.64. The predicted molar refractivity (Wildman–Crippen MR) is 71.0 cm³/mol. The monoisotopic (exact) mass is 229 g/mol. The summed E-state index contributed by atoms with van der Waals surface area (Å²) in [5.41, 5.74) is 1.42. The van der Waals surface area contributed by atoms with Crippen LogP contribution in [-0.2, 0) is 0 Å². The normalized spacial score (nSPS) is 10.8. The molecule has 0 aliphatic rings. The van der Waals surface area contributed by atoms with Gasteiger partial charge in [0.05, 0.1) is 5.56 Å². The first-order valence-corrected chi connectivity index (χ1v) is 5.66. The van der Waals surface area contributed by atoms with Gasteiger partial charge in [0.2, 0.25) is 0 Å². The van der Waals surface area contributed by atoms with Gasteiger partial charge in [0, 0.05) is 17.8 Å². The Bertz CT molecular complexity index is 450. The Balaban J connectivity index is 3.32. The highest BCUT2D eigenvalue weighted by Gasteiger charge is 2.24. The maximum atomic E-state index is 9.15. The Morgan fingerprint density at radius 2 is 2.12 bits per heavy atom. The van der Waals surface area contributed by atoms with Gasteiger partial charge in [0.25, 0.3) is 0 Å². The second-order valence-corrected chi connectivity index (χ2v) is 5.01. The molecule has 0 radical (unpaired) electrons. The molecule has 0 unspecified atom stereocenters. The highest BCUT2D eigenvalue weighted by Crippen LogP contribution is 2.25. The molecule has 0 N–H and O–H groups in total. The van der Waals surface area contributed by atoms with Crippen LogP contribution in [0.3, 0.4) is 0 Å². The summed E-state index contributed by atoms with van der Waals surface area (Å²) in [6.07, 6.45) is 1.83. The average molecular weight is 229 g/mol. The molecule has 1 aromatic heterocycles. The van der Waals surface area contributed by atoms with Crippen molar-refractivity contribution in [1.82, 2.24) is 4.98 Å². The molecule has 1 rings (SSSR count). The molecule has 0 spiro atoms. The van der Waals surface area contributed by atoms with E-state index in [1.54, 1.807) is 0 Å².